The first kappa shape index (κ1) is 14.3. The summed E-state index contributed by atoms with van der Waals surface area (Å²) in [7, 11) is 0. The number of anilines is 1. The van der Waals surface area contributed by atoms with Gasteiger partial charge in [0.1, 0.15) is 5.01 Å². The Kier molecular flexibility index (Phi) is 3.41. The van der Waals surface area contributed by atoms with E-state index in [1.165, 1.54) is 17.4 Å². The van der Waals surface area contributed by atoms with Crippen LogP contribution in [-0.4, -0.2) is 4.98 Å². The monoisotopic (exact) mass is 372 g/mol. The lowest BCUT2D eigenvalue weighted by atomic mass is 10.1. The molecule has 2 nitrogen and oxygen atoms in total. The second kappa shape index (κ2) is 4.99. The van der Waals surface area contributed by atoms with E-state index in [1.54, 1.807) is 24.3 Å². The molecule has 0 radical (unpaired) electrons. The van der Waals surface area contributed by atoms with Crippen LogP contribution in [0.2, 0.25) is 0 Å². The summed E-state index contributed by atoms with van der Waals surface area (Å²) in [5, 5.41) is 0.536. The number of alkyl halides is 3. The quantitative estimate of drug-likeness (QED) is 0.586. The fourth-order valence-corrected chi connectivity index (χ4v) is 3.42. The van der Waals surface area contributed by atoms with E-state index in [-0.39, 0.29) is 4.47 Å². The zero-order valence-corrected chi connectivity index (χ0v) is 12.8. The Balaban J connectivity index is 2.14. The molecule has 0 spiro atoms. The normalized spacial score (nSPS) is 12.0. The van der Waals surface area contributed by atoms with Gasteiger partial charge in [0.15, 0.2) is 0 Å². The van der Waals surface area contributed by atoms with Crippen LogP contribution >= 0.6 is 27.3 Å². The molecule has 2 N–H and O–H groups in total. The molecule has 1 aromatic heterocycles. The average Bonchev–Trinajstić information content (AvgIpc) is 2.80. The Morgan fingerprint density at radius 3 is 2.57 bits per heavy atom. The maximum Gasteiger partial charge on any atom is 0.417 e. The van der Waals surface area contributed by atoms with E-state index in [2.05, 4.69) is 20.9 Å². The molecule has 2 aromatic carbocycles. The van der Waals surface area contributed by atoms with Crippen molar-refractivity contribution in [1.82, 2.24) is 4.98 Å². The zero-order valence-electron chi connectivity index (χ0n) is 10.4. The maximum atomic E-state index is 12.9. The number of rotatable bonds is 1. The highest BCUT2D eigenvalue weighted by Crippen LogP contribution is 2.39. The van der Waals surface area contributed by atoms with Crippen molar-refractivity contribution in [3.63, 3.8) is 0 Å². The summed E-state index contributed by atoms with van der Waals surface area (Å²) >= 11 is 4.25. The minimum atomic E-state index is -4.41. The Morgan fingerprint density at radius 1 is 1.10 bits per heavy atom. The zero-order chi connectivity index (χ0) is 15.2. The van der Waals surface area contributed by atoms with Gasteiger partial charge < -0.3 is 5.73 Å². The largest absolute Gasteiger partial charge is 0.417 e. The minimum absolute atomic E-state index is 0.0177. The van der Waals surface area contributed by atoms with Crippen molar-refractivity contribution in [2.45, 2.75) is 6.18 Å². The van der Waals surface area contributed by atoms with Gasteiger partial charge in [0.05, 0.1) is 15.8 Å². The number of nitrogens with zero attached hydrogens (tertiary/aromatic N) is 1. The summed E-state index contributed by atoms with van der Waals surface area (Å²) < 4.78 is 39.7. The molecule has 0 atom stereocenters. The molecule has 21 heavy (non-hydrogen) atoms. The molecule has 3 rings (SSSR count). The standard InChI is InChI=1S/C14H8BrF3N2S/c15-10-3-1-7(5-9(10)14(16,17)18)13-20-11-4-2-8(19)6-12(11)21-13/h1-6H,19H2. The second-order valence-corrected chi connectivity index (χ2v) is 6.32. The van der Waals surface area contributed by atoms with Gasteiger partial charge in [-0.05, 0) is 30.3 Å². The predicted octanol–water partition coefficient (Wildman–Crippen LogP) is 5.33. The van der Waals surface area contributed by atoms with Gasteiger partial charge in [0.25, 0.3) is 0 Å². The average molecular weight is 373 g/mol. The van der Waals surface area contributed by atoms with Gasteiger partial charge in [0, 0.05) is 15.7 Å². The summed E-state index contributed by atoms with van der Waals surface area (Å²) in [4.78, 5) is 4.36. The highest BCUT2D eigenvalue weighted by Gasteiger charge is 2.33. The van der Waals surface area contributed by atoms with Crippen LogP contribution in [0.1, 0.15) is 5.56 Å². The van der Waals surface area contributed by atoms with Crippen LogP contribution in [0.15, 0.2) is 40.9 Å². The Hall–Kier alpha value is -1.60. The summed E-state index contributed by atoms with van der Waals surface area (Å²) in [6, 6.07) is 9.34. The molecule has 0 saturated carbocycles. The molecule has 108 valence electrons. The number of nitrogen functional groups attached to an aromatic ring is 1. The third kappa shape index (κ3) is 2.75. The van der Waals surface area contributed by atoms with Gasteiger partial charge in [-0.3, -0.25) is 0 Å². The smallest absolute Gasteiger partial charge is 0.399 e. The maximum absolute atomic E-state index is 12.9. The molecule has 0 fully saturated rings. The van der Waals surface area contributed by atoms with Gasteiger partial charge in [-0.2, -0.15) is 13.2 Å². The molecule has 0 aliphatic carbocycles. The first-order chi connectivity index (χ1) is 9.84. The summed E-state index contributed by atoms with van der Waals surface area (Å²) in [6.45, 7) is 0. The van der Waals surface area contributed by atoms with E-state index in [4.69, 9.17) is 5.73 Å². The van der Waals surface area contributed by atoms with E-state index >= 15 is 0 Å². The van der Waals surface area contributed by atoms with Gasteiger partial charge in [-0.25, -0.2) is 4.98 Å². The number of benzene rings is 2. The fraction of sp³-hybridized carbons (Fsp3) is 0.0714. The number of hydrogen-bond donors (Lipinski definition) is 1. The summed E-state index contributed by atoms with van der Waals surface area (Å²) in [5.41, 5.74) is 6.75. The lowest BCUT2D eigenvalue weighted by Crippen LogP contribution is -2.06. The first-order valence-corrected chi connectivity index (χ1v) is 7.49. The third-order valence-corrected chi connectivity index (χ3v) is 4.69. The highest BCUT2D eigenvalue weighted by molar-refractivity contribution is 9.10. The Labute approximate surface area is 130 Å². The van der Waals surface area contributed by atoms with Crippen LogP contribution in [0.25, 0.3) is 20.8 Å². The van der Waals surface area contributed by atoms with Crippen molar-refractivity contribution in [1.29, 1.82) is 0 Å². The van der Waals surface area contributed by atoms with E-state index < -0.39 is 11.7 Å². The first-order valence-electron chi connectivity index (χ1n) is 5.88. The van der Waals surface area contributed by atoms with Gasteiger partial charge in [-0.1, -0.05) is 22.0 Å². The van der Waals surface area contributed by atoms with E-state index in [0.717, 1.165) is 16.3 Å². The van der Waals surface area contributed by atoms with Crippen LogP contribution < -0.4 is 5.73 Å². The van der Waals surface area contributed by atoms with Crippen LogP contribution in [0.4, 0.5) is 18.9 Å². The van der Waals surface area contributed by atoms with Crippen LogP contribution in [0.3, 0.4) is 0 Å². The summed E-state index contributed by atoms with van der Waals surface area (Å²) in [5.74, 6) is 0. The van der Waals surface area contributed by atoms with Gasteiger partial charge in [0.2, 0.25) is 0 Å². The molecule has 7 heteroatoms. The van der Waals surface area contributed by atoms with Crippen molar-refractivity contribution < 1.29 is 13.2 Å². The van der Waals surface area contributed by atoms with Crippen LogP contribution in [0.5, 0.6) is 0 Å². The molecular formula is C14H8BrF3N2S. The number of aromatic nitrogens is 1. The third-order valence-electron chi connectivity index (χ3n) is 2.93. The lowest BCUT2D eigenvalue weighted by Gasteiger charge is -2.09. The van der Waals surface area contributed by atoms with Crippen molar-refractivity contribution in [2.75, 3.05) is 5.73 Å². The summed E-state index contributed by atoms with van der Waals surface area (Å²) in [6.07, 6.45) is -4.41. The van der Waals surface area contributed by atoms with Crippen molar-refractivity contribution in [2.24, 2.45) is 0 Å². The molecule has 0 saturated heterocycles. The topological polar surface area (TPSA) is 38.9 Å². The molecule has 0 aliphatic rings. The van der Waals surface area contributed by atoms with E-state index in [1.807, 2.05) is 0 Å². The van der Waals surface area contributed by atoms with Crippen molar-refractivity contribution in [3.05, 3.63) is 46.4 Å². The van der Waals surface area contributed by atoms with Crippen molar-refractivity contribution >= 4 is 43.2 Å². The predicted molar refractivity (Wildman–Crippen MR) is 82.2 cm³/mol. The molecular weight excluding hydrogens is 365 g/mol. The highest BCUT2D eigenvalue weighted by atomic mass is 79.9. The number of fused-ring (bicyclic) bond motifs is 1. The molecule has 3 aromatic rings. The number of hydrogen-bond acceptors (Lipinski definition) is 3. The van der Waals surface area contributed by atoms with E-state index in [9.17, 15) is 13.2 Å². The molecule has 1 heterocycles. The minimum Gasteiger partial charge on any atom is -0.399 e. The van der Waals surface area contributed by atoms with Gasteiger partial charge in [-0.15, -0.1) is 11.3 Å². The number of halogens is 4. The van der Waals surface area contributed by atoms with Crippen LogP contribution in [-0.2, 0) is 6.18 Å². The lowest BCUT2D eigenvalue weighted by molar-refractivity contribution is -0.138. The van der Waals surface area contributed by atoms with Crippen LogP contribution in [0, 0.1) is 0 Å². The van der Waals surface area contributed by atoms with E-state index in [0.29, 0.717) is 16.3 Å². The Morgan fingerprint density at radius 2 is 1.86 bits per heavy atom. The second-order valence-electron chi connectivity index (χ2n) is 4.44. The SMILES string of the molecule is Nc1ccc2nc(-c3ccc(Br)c(C(F)(F)F)c3)sc2c1. The van der Waals surface area contributed by atoms with Crippen molar-refractivity contribution in [3.8, 4) is 10.6 Å². The van der Waals surface area contributed by atoms with Gasteiger partial charge >= 0.3 is 6.18 Å². The molecule has 0 amide bonds. The molecule has 0 unspecified atom stereocenters. The number of thiazole rings is 1. The number of nitrogens with two attached hydrogens (primary N) is 1. The molecule has 0 aliphatic heterocycles. The molecule has 0 bridgehead atoms. The Bertz CT molecular complexity index is 827. The fourth-order valence-electron chi connectivity index (χ4n) is 1.94.